The Labute approximate surface area is 124 Å². The van der Waals surface area contributed by atoms with Gasteiger partial charge in [0.15, 0.2) is 0 Å². The summed E-state index contributed by atoms with van der Waals surface area (Å²) in [7, 11) is 1.79. The van der Waals surface area contributed by atoms with Crippen LogP contribution in [0.2, 0.25) is 0 Å². The van der Waals surface area contributed by atoms with Crippen molar-refractivity contribution >= 4 is 0 Å². The van der Waals surface area contributed by atoms with E-state index >= 15 is 0 Å². The number of ether oxygens (including phenoxy) is 1. The van der Waals surface area contributed by atoms with E-state index in [0.717, 1.165) is 26.0 Å². The van der Waals surface area contributed by atoms with Gasteiger partial charge in [-0.05, 0) is 49.3 Å². The highest BCUT2D eigenvalue weighted by atomic mass is 16.5. The third-order valence-electron chi connectivity index (χ3n) is 3.73. The van der Waals surface area contributed by atoms with E-state index in [1.165, 1.54) is 24.0 Å². The zero-order valence-corrected chi connectivity index (χ0v) is 13.6. The van der Waals surface area contributed by atoms with Gasteiger partial charge in [0.05, 0.1) is 0 Å². The molecular formula is C18H31NO. The van der Waals surface area contributed by atoms with Crippen LogP contribution in [0.1, 0.15) is 44.7 Å². The lowest BCUT2D eigenvalue weighted by atomic mass is 9.96. The van der Waals surface area contributed by atoms with E-state index < -0.39 is 0 Å². The van der Waals surface area contributed by atoms with Crippen molar-refractivity contribution in [3.63, 3.8) is 0 Å². The molecule has 114 valence electrons. The van der Waals surface area contributed by atoms with Gasteiger partial charge in [0.1, 0.15) is 0 Å². The van der Waals surface area contributed by atoms with E-state index in [2.05, 4.69) is 50.4 Å². The van der Waals surface area contributed by atoms with Crippen LogP contribution in [0.25, 0.3) is 0 Å². The minimum Gasteiger partial charge on any atom is -0.384 e. The maximum atomic E-state index is 5.26. The van der Waals surface area contributed by atoms with E-state index in [1.807, 2.05) is 0 Å². The van der Waals surface area contributed by atoms with Gasteiger partial charge in [-0.1, -0.05) is 45.0 Å². The van der Waals surface area contributed by atoms with Gasteiger partial charge >= 0.3 is 0 Å². The lowest BCUT2D eigenvalue weighted by molar-refractivity contribution is 0.149. The summed E-state index contributed by atoms with van der Waals surface area (Å²) in [4.78, 5) is 0. The molecule has 1 aromatic carbocycles. The molecule has 0 aliphatic carbocycles. The van der Waals surface area contributed by atoms with E-state index in [9.17, 15) is 0 Å². The highest BCUT2D eigenvalue weighted by Crippen LogP contribution is 2.13. The van der Waals surface area contributed by atoms with Gasteiger partial charge in [-0.2, -0.15) is 0 Å². The summed E-state index contributed by atoms with van der Waals surface area (Å²) in [5.41, 5.74) is 2.85. The van der Waals surface area contributed by atoms with Gasteiger partial charge in [0.25, 0.3) is 0 Å². The number of rotatable bonds is 10. The van der Waals surface area contributed by atoms with Crippen LogP contribution >= 0.6 is 0 Å². The highest BCUT2D eigenvalue weighted by Gasteiger charge is 2.13. The average molecular weight is 277 g/mol. The van der Waals surface area contributed by atoms with Crippen LogP contribution in [0.3, 0.4) is 0 Å². The highest BCUT2D eigenvalue weighted by molar-refractivity contribution is 5.23. The number of aryl methyl sites for hydroxylation is 1. The first-order valence-corrected chi connectivity index (χ1v) is 7.99. The molecule has 1 rings (SSSR count). The molecule has 0 spiro atoms. The van der Waals surface area contributed by atoms with Gasteiger partial charge in [0, 0.05) is 19.8 Å². The van der Waals surface area contributed by atoms with Crippen molar-refractivity contribution in [2.75, 3.05) is 20.3 Å². The zero-order valence-electron chi connectivity index (χ0n) is 13.6. The molecule has 1 N–H and O–H groups in total. The Hall–Kier alpha value is -0.860. The first-order chi connectivity index (χ1) is 9.69. The summed E-state index contributed by atoms with van der Waals surface area (Å²) < 4.78 is 5.26. The minimum atomic E-state index is 0.549. The van der Waals surface area contributed by atoms with Crippen LogP contribution < -0.4 is 5.32 Å². The second-order valence-electron chi connectivity index (χ2n) is 5.82. The maximum absolute atomic E-state index is 5.26. The third-order valence-corrected chi connectivity index (χ3v) is 3.73. The number of methoxy groups -OCH3 is 1. The van der Waals surface area contributed by atoms with Crippen LogP contribution in [-0.4, -0.2) is 26.3 Å². The number of benzene rings is 1. The summed E-state index contributed by atoms with van der Waals surface area (Å²) in [5.74, 6) is 0.601. The van der Waals surface area contributed by atoms with Crippen molar-refractivity contribution in [3.8, 4) is 0 Å². The Morgan fingerprint density at radius 2 is 1.75 bits per heavy atom. The summed E-state index contributed by atoms with van der Waals surface area (Å²) in [6.07, 6.45) is 4.58. The fraction of sp³-hybridized carbons (Fsp3) is 0.667. The number of hydrogen-bond acceptors (Lipinski definition) is 2. The van der Waals surface area contributed by atoms with Crippen molar-refractivity contribution in [3.05, 3.63) is 35.4 Å². The lowest BCUT2D eigenvalue weighted by Gasteiger charge is -2.22. The quantitative estimate of drug-likeness (QED) is 0.702. The van der Waals surface area contributed by atoms with Crippen LogP contribution in [0.15, 0.2) is 24.3 Å². The molecule has 0 radical (unpaired) electrons. The van der Waals surface area contributed by atoms with Crippen LogP contribution in [0.5, 0.6) is 0 Å². The fourth-order valence-corrected chi connectivity index (χ4v) is 2.62. The van der Waals surface area contributed by atoms with Gasteiger partial charge in [-0.25, -0.2) is 0 Å². The first-order valence-electron chi connectivity index (χ1n) is 7.99. The first kappa shape index (κ1) is 17.2. The summed E-state index contributed by atoms with van der Waals surface area (Å²) >= 11 is 0. The molecule has 0 aromatic heterocycles. The van der Waals surface area contributed by atoms with E-state index in [4.69, 9.17) is 4.74 Å². The monoisotopic (exact) mass is 277 g/mol. The van der Waals surface area contributed by atoms with Gasteiger partial charge in [-0.3, -0.25) is 0 Å². The van der Waals surface area contributed by atoms with Crippen molar-refractivity contribution in [1.82, 2.24) is 5.32 Å². The lowest BCUT2D eigenvalue weighted by Crippen LogP contribution is -2.34. The van der Waals surface area contributed by atoms with Crippen LogP contribution in [-0.2, 0) is 17.6 Å². The van der Waals surface area contributed by atoms with E-state index in [1.54, 1.807) is 7.11 Å². The molecule has 0 fully saturated rings. The van der Waals surface area contributed by atoms with Crippen molar-refractivity contribution in [2.24, 2.45) is 5.92 Å². The van der Waals surface area contributed by atoms with Gasteiger partial charge in [-0.15, -0.1) is 0 Å². The van der Waals surface area contributed by atoms with Gasteiger partial charge < -0.3 is 10.1 Å². The molecule has 2 nitrogen and oxygen atoms in total. The zero-order chi connectivity index (χ0) is 14.8. The Bertz CT molecular complexity index is 347. The molecule has 0 aliphatic rings. The second-order valence-corrected chi connectivity index (χ2v) is 5.82. The second kappa shape index (κ2) is 9.95. The molecule has 2 heteroatoms. The summed E-state index contributed by atoms with van der Waals surface area (Å²) in [6.45, 7) is 8.63. The number of nitrogens with one attached hydrogen (secondary N) is 1. The molecule has 0 aliphatic heterocycles. The Kier molecular flexibility index (Phi) is 8.56. The fourth-order valence-electron chi connectivity index (χ4n) is 2.62. The van der Waals surface area contributed by atoms with E-state index in [-0.39, 0.29) is 0 Å². The Balaban J connectivity index is 2.57. The molecule has 2 atom stereocenters. The molecule has 1 aromatic rings. The molecule has 0 heterocycles. The van der Waals surface area contributed by atoms with E-state index in [0.29, 0.717) is 12.0 Å². The normalized spacial score (nSPS) is 14.2. The minimum absolute atomic E-state index is 0.549. The van der Waals surface area contributed by atoms with Crippen molar-refractivity contribution < 1.29 is 4.74 Å². The van der Waals surface area contributed by atoms with Gasteiger partial charge in [0.2, 0.25) is 0 Å². The largest absolute Gasteiger partial charge is 0.384 e. The standard InChI is InChI=1S/C18H31NO/c1-5-11-19-18(12-15(3)14-20-4)13-17-9-7-16(6-2)8-10-17/h7-10,15,18-19H,5-6,11-14H2,1-4H3. The summed E-state index contributed by atoms with van der Waals surface area (Å²) in [6, 6.07) is 9.61. The molecule has 0 saturated heterocycles. The molecule has 0 amide bonds. The average Bonchev–Trinajstić information content (AvgIpc) is 2.45. The molecule has 0 saturated carbocycles. The molecular weight excluding hydrogens is 246 g/mol. The smallest absolute Gasteiger partial charge is 0.0488 e. The Morgan fingerprint density at radius 3 is 2.30 bits per heavy atom. The van der Waals surface area contributed by atoms with Crippen LogP contribution in [0.4, 0.5) is 0 Å². The summed E-state index contributed by atoms with van der Waals surface area (Å²) in [5, 5.41) is 3.68. The molecule has 2 unspecified atom stereocenters. The number of hydrogen-bond donors (Lipinski definition) is 1. The SMILES string of the molecule is CCCNC(Cc1ccc(CC)cc1)CC(C)COC. The predicted molar refractivity (Wildman–Crippen MR) is 87.3 cm³/mol. The topological polar surface area (TPSA) is 21.3 Å². The van der Waals surface area contributed by atoms with Crippen LogP contribution in [0, 0.1) is 5.92 Å². The van der Waals surface area contributed by atoms with Crippen molar-refractivity contribution in [2.45, 2.75) is 52.5 Å². The maximum Gasteiger partial charge on any atom is 0.0488 e. The molecule has 20 heavy (non-hydrogen) atoms. The van der Waals surface area contributed by atoms with Crippen molar-refractivity contribution in [1.29, 1.82) is 0 Å². The predicted octanol–water partition coefficient (Wildman–Crippen LogP) is 3.83. The Morgan fingerprint density at radius 1 is 1.10 bits per heavy atom. The molecule has 0 bridgehead atoms. The third kappa shape index (κ3) is 6.53.